The van der Waals surface area contributed by atoms with Crippen LogP contribution in [0.15, 0.2) is 42.5 Å². The van der Waals surface area contributed by atoms with Gasteiger partial charge in [-0.3, -0.25) is 4.79 Å². The van der Waals surface area contributed by atoms with Gasteiger partial charge in [-0.1, -0.05) is 18.2 Å². The van der Waals surface area contributed by atoms with Crippen molar-refractivity contribution >= 4 is 17.3 Å². The molecule has 0 spiro atoms. The summed E-state index contributed by atoms with van der Waals surface area (Å²) in [6.45, 7) is 4.18. The van der Waals surface area contributed by atoms with Crippen LogP contribution in [0.4, 0.5) is 11.4 Å². The lowest BCUT2D eigenvalue weighted by Crippen LogP contribution is -2.31. The summed E-state index contributed by atoms with van der Waals surface area (Å²) in [5.74, 6) is -0.0614. The Kier molecular flexibility index (Phi) is 3.94. The van der Waals surface area contributed by atoms with Gasteiger partial charge in [-0.15, -0.1) is 0 Å². The third-order valence-corrected chi connectivity index (χ3v) is 3.25. The van der Waals surface area contributed by atoms with E-state index >= 15 is 0 Å². The van der Waals surface area contributed by atoms with Crippen LogP contribution >= 0.6 is 0 Å². The number of aromatic hydroxyl groups is 1. The van der Waals surface area contributed by atoms with E-state index in [1.54, 1.807) is 30.0 Å². The van der Waals surface area contributed by atoms with Crippen molar-refractivity contribution < 1.29 is 9.90 Å². The van der Waals surface area contributed by atoms with Crippen LogP contribution in [0.2, 0.25) is 0 Å². The Bertz CT molecular complexity index is 638. The van der Waals surface area contributed by atoms with Crippen molar-refractivity contribution in [3.63, 3.8) is 0 Å². The van der Waals surface area contributed by atoms with Gasteiger partial charge in [0.05, 0.1) is 11.4 Å². The number of nitrogen functional groups attached to an aromatic ring is 1. The van der Waals surface area contributed by atoms with Gasteiger partial charge in [0.15, 0.2) is 0 Å². The first-order chi connectivity index (χ1) is 9.54. The zero-order valence-electron chi connectivity index (χ0n) is 11.6. The van der Waals surface area contributed by atoms with E-state index < -0.39 is 0 Å². The maximum absolute atomic E-state index is 12.6. The van der Waals surface area contributed by atoms with Gasteiger partial charge in [0.2, 0.25) is 0 Å². The van der Waals surface area contributed by atoms with Gasteiger partial charge in [-0.25, -0.2) is 0 Å². The monoisotopic (exact) mass is 270 g/mol. The molecular weight excluding hydrogens is 252 g/mol. The van der Waals surface area contributed by atoms with Crippen LogP contribution in [0.25, 0.3) is 0 Å². The first kappa shape index (κ1) is 13.9. The number of nitrogens with two attached hydrogens (primary N) is 1. The van der Waals surface area contributed by atoms with Crippen LogP contribution in [-0.2, 0) is 0 Å². The largest absolute Gasteiger partial charge is 0.508 e. The topological polar surface area (TPSA) is 66.6 Å². The van der Waals surface area contributed by atoms with E-state index in [0.717, 1.165) is 5.56 Å². The molecule has 4 heteroatoms. The van der Waals surface area contributed by atoms with Crippen LogP contribution < -0.4 is 10.6 Å². The number of aryl methyl sites for hydroxylation is 1. The van der Waals surface area contributed by atoms with E-state index in [1.807, 2.05) is 25.1 Å². The standard InChI is InChI=1S/C16H18N2O2/c1-3-18(14-7-5-4-6-13(14)17)16(20)12-9-8-11(2)15(19)10-12/h4-10,19H,3,17H2,1-2H3. The van der Waals surface area contributed by atoms with Gasteiger partial charge >= 0.3 is 0 Å². The van der Waals surface area contributed by atoms with E-state index in [0.29, 0.717) is 23.5 Å². The van der Waals surface area contributed by atoms with Gasteiger partial charge in [-0.2, -0.15) is 0 Å². The number of phenolic OH excluding ortho intramolecular Hbond substituents is 1. The van der Waals surface area contributed by atoms with Gasteiger partial charge in [0, 0.05) is 12.1 Å². The Morgan fingerprint density at radius 3 is 2.55 bits per heavy atom. The average molecular weight is 270 g/mol. The van der Waals surface area contributed by atoms with Crippen LogP contribution in [0.5, 0.6) is 5.75 Å². The van der Waals surface area contributed by atoms with Gasteiger partial charge in [0.1, 0.15) is 5.75 Å². The van der Waals surface area contributed by atoms with Crippen molar-refractivity contribution in [3.8, 4) is 5.75 Å². The molecule has 3 N–H and O–H groups in total. The fraction of sp³-hybridized carbons (Fsp3) is 0.188. The average Bonchev–Trinajstić information content (AvgIpc) is 2.44. The molecule has 0 fully saturated rings. The molecule has 0 aliphatic heterocycles. The molecule has 20 heavy (non-hydrogen) atoms. The first-order valence-corrected chi connectivity index (χ1v) is 6.50. The highest BCUT2D eigenvalue weighted by Crippen LogP contribution is 2.25. The smallest absolute Gasteiger partial charge is 0.258 e. The van der Waals surface area contributed by atoms with Crippen LogP contribution in [0, 0.1) is 6.92 Å². The van der Waals surface area contributed by atoms with Gasteiger partial charge < -0.3 is 15.7 Å². The number of para-hydroxylation sites is 2. The molecule has 0 aromatic heterocycles. The first-order valence-electron chi connectivity index (χ1n) is 6.50. The van der Waals surface area contributed by atoms with E-state index in [-0.39, 0.29) is 11.7 Å². The summed E-state index contributed by atoms with van der Waals surface area (Å²) in [6.07, 6.45) is 0. The predicted molar refractivity (Wildman–Crippen MR) is 81.0 cm³/mol. The van der Waals surface area contributed by atoms with Crippen molar-refractivity contribution in [3.05, 3.63) is 53.6 Å². The molecule has 2 aromatic rings. The fourth-order valence-corrected chi connectivity index (χ4v) is 2.05. The number of benzene rings is 2. The molecule has 1 amide bonds. The summed E-state index contributed by atoms with van der Waals surface area (Å²) in [4.78, 5) is 14.1. The number of nitrogens with zero attached hydrogens (tertiary/aromatic N) is 1. The van der Waals surface area contributed by atoms with E-state index in [1.165, 1.54) is 6.07 Å². The molecule has 2 aromatic carbocycles. The zero-order valence-corrected chi connectivity index (χ0v) is 11.6. The molecular formula is C16H18N2O2. The highest BCUT2D eigenvalue weighted by molar-refractivity contribution is 6.07. The maximum Gasteiger partial charge on any atom is 0.258 e. The van der Waals surface area contributed by atoms with Crippen molar-refractivity contribution in [2.45, 2.75) is 13.8 Å². The minimum atomic E-state index is -0.180. The molecule has 0 radical (unpaired) electrons. The van der Waals surface area contributed by atoms with E-state index in [9.17, 15) is 9.90 Å². The molecule has 0 aliphatic carbocycles. The molecule has 0 saturated carbocycles. The highest BCUT2D eigenvalue weighted by Gasteiger charge is 2.18. The third-order valence-electron chi connectivity index (χ3n) is 3.25. The second kappa shape index (κ2) is 5.65. The Hall–Kier alpha value is -2.49. The lowest BCUT2D eigenvalue weighted by Gasteiger charge is -2.22. The Labute approximate surface area is 118 Å². The number of hydrogen-bond donors (Lipinski definition) is 2. The number of carbonyl (C=O) groups is 1. The maximum atomic E-state index is 12.6. The minimum absolute atomic E-state index is 0.118. The predicted octanol–water partition coefficient (Wildman–Crippen LogP) is 2.95. The summed E-state index contributed by atoms with van der Waals surface area (Å²) in [6, 6.07) is 12.2. The number of hydrogen-bond acceptors (Lipinski definition) is 3. The Balaban J connectivity index is 2.39. The third kappa shape index (κ3) is 2.59. The molecule has 2 rings (SSSR count). The van der Waals surface area contributed by atoms with Crippen LogP contribution in [-0.4, -0.2) is 17.6 Å². The summed E-state index contributed by atoms with van der Waals surface area (Å²) < 4.78 is 0. The lowest BCUT2D eigenvalue weighted by atomic mass is 10.1. The second-order valence-electron chi connectivity index (χ2n) is 4.61. The Morgan fingerprint density at radius 2 is 1.95 bits per heavy atom. The molecule has 0 unspecified atom stereocenters. The molecule has 104 valence electrons. The summed E-state index contributed by atoms with van der Waals surface area (Å²) in [7, 11) is 0. The zero-order chi connectivity index (χ0) is 14.7. The van der Waals surface area contributed by atoms with Gasteiger partial charge in [-0.05, 0) is 43.7 Å². The van der Waals surface area contributed by atoms with Crippen molar-refractivity contribution in [1.82, 2.24) is 0 Å². The second-order valence-corrected chi connectivity index (χ2v) is 4.61. The molecule has 0 atom stereocenters. The van der Waals surface area contributed by atoms with Crippen LogP contribution in [0.3, 0.4) is 0 Å². The SMILES string of the molecule is CCN(C(=O)c1ccc(C)c(O)c1)c1ccccc1N. The van der Waals surface area contributed by atoms with Crippen molar-refractivity contribution in [2.75, 3.05) is 17.2 Å². The van der Waals surface area contributed by atoms with E-state index in [2.05, 4.69) is 0 Å². The molecule has 0 aliphatic rings. The highest BCUT2D eigenvalue weighted by atomic mass is 16.3. The number of anilines is 2. The summed E-state index contributed by atoms with van der Waals surface area (Å²) >= 11 is 0. The molecule has 0 saturated heterocycles. The van der Waals surface area contributed by atoms with Crippen LogP contribution in [0.1, 0.15) is 22.8 Å². The quantitative estimate of drug-likeness (QED) is 0.843. The van der Waals surface area contributed by atoms with E-state index in [4.69, 9.17) is 5.73 Å². The summed E-state index contributed by atoms with van der Waals surface area (Å²) in [5, 5.41) is 9.73. The molecule has 4 nitrogen and oxygen atoms in total. The van der Waals surface area contributed by atoms with Gasteiger partial charge in [0.25, 0.3) is 5.91 Å². The Morgan fingerprint density at radius 1 is 1.25 bits per heavy atom. The summed E-state index contributed by atoms with van der Waals surface area (Å²) in [5.41, 5.74) is 8.34. The number of carbonyl (C=O) groups excluding carboxylic acids is 1. The number of rotatable bonds is 3. The molecule has 0 heterocycles. The van der Waals surface area contributed by atoms with Crippen molar-refractivity contribution in [1.29, 1.82) is 0 Å². The minimum Gasteiger partial charge on any atom is -0.508 e. The molecule has 0 bridgehead atoms. The normalized spacial score (nSPS) is 10.3. The van der Waals surface area contributed by atoms with Crippen molar-refractivity contribution in [2.24, 2.45) is 0 Å². The fourth-order valence-electron chi connectivity index (χ4n) is 2.05. The number of phenols is 1. The lowest BCUT2D eigenvalue weighted by molar-refractivity contribution is 0.0988. The number of amides is 1.